The van der Waals surface area contributed by atoms with Crippen LogP contribution in [-0.2, 0) is 9.59 Å². The van der Waals surface area contributed by atoms with Crippen LogP contribution in [0.2, 0.25) is 5.02 Å². The number of benzene rings is 1. The molecule has 1 saturated carbocycles. The van der Waals surface area contributed by atoms with Crippen molar-refractivity contribution in [3.63, 3.8) is 0 Å². The Morgan fingerprint density at radius 2 is 1.96 bits per heavy atom. The van der Waals surface area contributed by atoms with Gasteiger partial charge in [0, 0.05) is 36.6 Å². The van der Waals surface area contributed by atoms with Crippen LogP contribution < -0.4 is 10.2 Å². The summed E-state index contributed by atoms with van der Waals surface area (Å²) in [6.45, 7) is 4.40. The largest absolute Gasteiger partial charge is 0.354 e. The number of halogens is 1. The SMILES string of the molecule is CC(=O)N(CCNC(=O)C1CCCCC1)c1ccc(Cl)cc1C. The van der Waals surface area contributed by atoms with Gasteiger partial charge in [-0.25, -0.2) is 0 Å². The number of nitrogens with one attached hydrogen (secondary N) is 1. The van der Waals surface area contributed by atoms with Crippen LogP contribution in [0, 0.1) is 12.8 Å². The van der Waals surface area contributed by atoms with Crippen molar-refractivity contribution >= 4 is 29.1 Å². The molecule has 5 heteroatoms. The maximum Gasteiger partial charge on any atom is 0.223 e. The monoisotopic (exact) mass is 336 g/mol. The van der Waals surface area contributed by atoms with Crippen molar-refractivity contribution in [3.05, 3.63) is 28.8 Å². The lowest BCUT2D eigenvalue weighted by molar-refractivity contribution is -0.126. The second kappa shape index (κ2) is 8.34. The first-order valence-electron chi connectivity index (χ1n) is 8.31. The van der Waals surface area contributed by atoms with E-state index in [4.69, 9.17) is 11.6 Å². The molecule has 0 heterocycles. The molecule has 2 amide bonds. The molecule has 0 unspecified atom stereocenters. The molecule has 1 aliphatic carbocycles. The molecule has 2 rings (SSSR count). The molecule has 0 atom stereocenters. The molecule has 23 heavy (non-hydrogen) atoms. The molecule has 4 nitrogen and oxygen atoms in total. The van der Waals surface area contributed by atoms with E-state index in [0.717, 1.165) is 36.9 Å². The molecule has 1 aliphatic rings. The lowest BCUT2D eigenvalue weighted by Gasteiger charge is -2.25. The molecule has 0 aliphatic heterocycles. The van der Waals surface area contributed by atoms with Crippen LogP contribution in [0.4, 0.5) is 5.69 Å². The number of aryl methyl sites for hydroxylation is 1. The third kappa shape index (κ3) is 4.96. The van der Waals surface area contributed by atoms with Gasteiger partial charge in [0.2, 0.25) is 11.8 Å². The molecule has 0 spiro atoms. The van der Waals surface area contributed by atoms with E-state index in [1.54, 1.807) is 11.0 Å². The molecule has 0 aromatic heterocycles. The Balaban J connectivity index is 1.92. The number of carbonyl (C=O) groups is 2. The van der Waals surface area contributed by atoms with Gasteiger partial charge in [-0.3, -0.25) is 9.59 Å². The Bertz CT molecular complexity index is 568. The van der Waals surface area contributed by atoms with Gasteiger partial charge in [0.1, 0.15) is 0 Å². The smallest absolute Gasteiger partial charge is 0.223 e. The molecule has 1 fully saturated rings. The molecule has 126 valence electrons. The number of amides is 2. The summed E-state index contributed by atoms with van der Waals surface area (Å²) in [4.78, 5) is 25.8. The number of carbonyl (C=O) groups excluding carboxylic acids is 2. The lowest BCUT2D eigenvalue weighted by atomic mass is 9.89. The van der Waals surface area contributed by atoms with Crippen molar-refractivity contribution in [2.75, 3.05) is 18.0 Å². The first-order valence-corrected chi connectivity index (χ1v) is 8.69. The van der Waals surface area contributed by atoms with Crippen molar-refractivity contribution in [2.45, 2.75) is 46.0 Å². The van der Waals surface area contributed by atoms with Crippen LogP contribution >= 0.6 is 11.6 Å². The van der Waals surface area contributed by atoms with E-state index in [-0.39, 0.29) is 17.7 Å². The highest BCUT2D eigenvalue weighted by molar-refractivity contribution is 6.30. The minimum absolute atomic E-state index is 0.0395. The molecule has 1 aromatic carbocycles. The third-order valence-corrected chi connectivity index (χ3v) is 4.68. The van der Waals surface area contributed by atoms with Gasteiger partial charge in [0.15, 0.2) is 0 Å². The predicted octanol–water partition coefficient (Wildman–Crippen LogP) is 3.70. The third-order valence-electron chi connectivity index (χ3n) is 4.44. The number of anilines is 1. The van der Waals surface area contributed by atoms with Crippen LogP contribution in [0.5, 0.6) is 0 Å². The number of nitrogens with zero attached hydrogens (tertiary/aromatic N) is 1. The van der Waals surface area contributed by atoms with E-state index in [0.29, 0.717) is 18.1 Å². The second-order valence-electron chi connectivity index (χ2n) is 6.23. The molecule has 0 saturated heterocycles. The number of hydrogen-bond donors (Lipinski definition) is 1. The van der Waals surface area contributed by atoms with E-state index in [1.807, 2.05) is 19.1 Å². The average molecular weight is 337 g/mol. The average Bonchev–Trinajstić information content (AvgIpc) is 2.53. The summed E-state index contributed by atoms with van der Waals surface area (Å²) in [6.07, 6.45) is 5.48. The van der Waals surface area contributed by atoms with Gasteiger partial charge in [0.25, 0.3) is 0 Å². The zero-order valence-corrected chi connectivity index (χ0v) is 14.7. The lowest BCUT2D eigenvalue weighted by Crippen LogP contribution is -2.40. The van der Waals surface area contributed by atoms with Gasteiger partial charge >= 0.3 is 0 Å². The van der Waals surface area contributed by atoms with Crippen molar-refractivity contribution in [2.24, 2.45) is 5.92 Å². The fourth-order valence-electron chi connectivity index (χ4n) is 3.17. The summed E-state index contributed by atoms with van der Waals surface area (Å²) in [6, 6.07) is 5.47. The first kappa shape index (κ1) is 17.8. The first-order chi connectivity index (χ1) is 11.0. The van der Waals surface area contributed by atoms with E-state index in [2.05, 4.69) is 5.32 Å². The molecular formula is C18H25ClN2O2. The Morgan fingerprint density at radius 1 is 1.26 bits per heavy atom. The van der Waals surface area contributed by atoms with Crippen molar-refractivity contribution in [3.8, 4) is 0 Å². The summed E-state index contributed by atoms with van der Waals surface area (Å²) in [5.74, 6) is 0.232. The molecule has 0 radical (unpaired) electrons. The standard InChI is InChI=1S/C18H25ClN2O2/c1-13-12-16(19)8-9-17(13)21(14(2)22)11-10-20-18(23)15-6-4-3-5-7-15/h8-9,12,15H,3-7,10-11H2,1-2H3,(H,20,23). The van der Waals surface area contributed by atoms with Gasteiger partial charge < -0.3 is 10.2 Å². The quantitative estimate of drug-likeness (QED) is 0.891. The highest BCUT2D eigenvalue weighted by Crippen LogP contribution is 2.24. The second-order valence-corrected chi connectivity index (χ2v) is 6.66. The van der Waals surface area contributed by atoms with E-state index in [1.165, 1.54) is 13.3 Å². The van der Waals surface area contributed by atoms with Crippen molar-refractivity contribution in [1.82, 2.24) is 5.32 Å². The minimum atomic E-state index is -0.0395. The van der Waals surface area contributed by atoms with Gasteiger partial charge in [-0.1, -0.05) is 30.9 Å². The van der Waals surface area contributed by atoms with Gasteiger partial charge in [0.05, 0.1) is 0 Å². The zero-order chi connectivity index (χ0) is 16.8. The van der Waals surface area contributed by atoms with E-state index < -0.39 is 0 Å². The van der Waals surface area contributed by atoms with Gasteiger partial charge in [-0.15, -0.1) is 0 Å². The maximum absolute atomic E-state index is 12.2. The predicted molar refractivity (Wildman–Crippen MR) is 93.8 cm³/mol. The Morgan fingerprint density at radius 3 is 2.57 bits per heavy atom. The molecule has 1 aromatic rings. The molecule has 0 bridgehead atoms. The van der Waals surface area contributed by atoms with Crippen LogP contribution in [0.3, 0.4) is 0 Å². The fourth-order valence-corrected chi connectivity index (χ4v) is 3.40. The Hall–Kier alpha value is -1.55. The summed E-state index contributed by atoms with van der Waals surface area (Å²) in [7, 11) is 0. The summed E-state index contributed by atoms with van der Waals surface area (Å²) in [5.41, 5.74) is 1.79. The summed E-state index contributed by atoms with van der Waals surface area (Å²) < 4.78 is 0. The highest BCUT2D eigenvalue weighted by Gasteiger charge is 2.21. The van der Waals surface area contributed by atoms with Crippen LogP contribution in [0.15, 0.2) is 18.2 Å². The molecule has 1 N–H and O–H groups in total. The van der Waals surface area contributed by atoms with Crippen LogP contribution in [0.1, 0.15) is 44.6 Å². The number of rotatable bonds is 5. The van der Waals surface area contributed by atoms with Gasteiger partial charge in [-0.2, -0.15) is 0 Å². The van der Waals surface area contributed by atoms with Crippen LogP contribution in [0.25, 0.3) is 0 Å². The van der Waals surface area contributed by atoms with E-state index in [9.17, 15) is 9.59 Å². The van der Waals surface area contributed by atoms with E-state index >= 15 is 0 Å². The van der Waals surface area contributed by atoms with Gasteiger partial charge in [-0.05, 0) is 43.5 Å². The zero-order valence-electron chi connectivity index (χ0n) is 13.9. The normalized spacial score (nSPS) is 15.3. The topological polar surface area (TPSA) is 49.4 Å². The summed E-state index contributed by atoms with van der Waals surface area (Å²) >= 11 is 5.97. The molecular weight excluding hydrogens is 312 g/mol. The minimum Gasteiger partial charge on any atom is -0.354 e. The fraction of sp³-hybridized carbons (Fsp3) is 0.556. The van der Waals surface area contributed by atoms with Crippen LogP contribution in [-0.4, -0.2) is 24.9 Å². The number of hydrogen-bond acceptors (Lipinski definition) is 2. The van der Waals surface area contributed by atoms with Crippen molar-refractivity contribution in [1.29, 1.82) is 0 Å². The Labute approximate surface area is 143 Å². The highest BCUT2D eigenvalue weighted by atomic mass is 35.5. The van der Waals surface area contributed by atoms with Crippen molar-refractivity contribution < 1.29 is 9.59 Å². The Kier molecular flexibility index (Phi) is 6.46. The maximum atomic E-state index is 12.2. The summed E-state index contributed by atoms with van der Waals surface area (Å²) in [5, 5.41) is 3.63.